The minimum absolute atomic E-state index is 0.0205. The zero-order valence-corrected chi connectivity index (χ0v) is 12.3. The predicted octanol–water partition coefficient (Wildman–Crippen LogP) is 0.931. The highest BCUT2D eigenvalue weighted by Crippen LogP contribution is 2.18. The van der Waals surface area contributed by atoms with Crippen LogP contribution in [0, 0.1) is 5.92 Å². The molecule has 0 unspecified atom stereocenters. The maximum absolute atomic E-state index is 12.4. The Balaban J connectivity index is 1.84. The second kappa shape index (κ2) is 6.92. The first kappa shape index (κ1) is 15.1. The lowest BCUT2D eigenvalue weighted by molar-refractivity contribution is -0.143. The van der Waals surface area contributed by atoms with Crippen LogP contribution in [0.5, 0.6) is 0 Å². The monoisotopic (exact) mass is 283 g/mol. The van der Waals surface area contributed by atoms with E-state index in [1.165, 1.54) is 0 Å². The molecule has 20 heavy (non-hydrogen) atoms. The Morgan fingerprint density at radius 2 is 1.80 bits per heavy atom. The average Bonchev–Trinajstić information content (AvgIpc) is 2.48. The summed E-state index contributed by atoms with van der Waals surface area (Å²) in [4.78, 5) is 29.4. The van der Waals surface area contributed by atoms with Crippen molar-refractivity contribution >= 4 is 12.0 Å². The van der Waals surface area contributed by atoms with Crippen molar-refractivity contribution in [2.24, 2.45) is 5.92 Å². The van der Waals surface area contributed by atoms with E-state index in [0.717, 1.165) is 45.6 Å². The van der Waals surface area contributed by atoms with Gasteiger partial charge in [-0.05, 0) is 25.8 Å². The minimum atomic E-state index is -0.782. The largest absolute Gasteiger partial charge is 0.481 e. The number of rotatable bonds is 3. The fourth-order valence-electron chi connectivity index (χ4n) is 3.03. The van der Waals surface area contributed by atoms with Crippen LogP contribution in [0.3, 0.4) is 0 Å². The molecule has 0 aromatic rings. The summed E-state index contributed by atoms with van der Waals surface area (Å²) in [5, 5.41) is 9.08. The molecule has 0 radical (unpaired) electrons. The van der Waals surface area contributed by atoms with Crippen molar-refractivity contribution in [2.75, 3.05) is 45.8 Å². The molecule has 2 aliphatic heterocycles. The average molecular weight is 283 g/mol. The third kappa shape index (κ3) is 3.62. The van der Waals surface area contributed by atoms with Crippen molar-refractivity contribution < 1.29 is 14.7 Å². The first-order valence-electron chi connectivity index (χ1n) is 7.60. The summed E-state index contributed by atoms with van der Waals surface area (Å²) >= 11 is 0. The molecule has 6 nitrogen and oxygen atoms in total. The van der Waals surface area contributed by atoms with Crippen LogP contribution in [0.4, 0.5) is 4.79 Å². The number of likely N-dealkylation sites (tertiary alicyclic amines) is 1. The van der Waals surface area contributed by atoms with Gasteiger partial charge in [-0.2, -0.15) is 0 Å². The lowest BCUT2D eigenvalue weighted by Gasteiger charge is -2.39. The van der Waals surface area contributed by atoms with Crippen LogP contribution in [-0.4, -0.2) is 77.6 Å². The van der Waals surface area contributed by atoms with Gasteiger partial charge >= 0.3 is 12.0 Å². The van der Waals surface area contributed by atoms with Crippen LogP contribution < -0.4 is 0 Å². The van der Waals surface area contributed by atoms with Gasteiger partial charge in [-0.15, -0.1) is 0 Å². The smallest absolute Gasteiger partial charge is 0.320 e. The van der Waals surface area contributed by atoms with Gasteiger partial charge in [-0.3, -0.25) is 9.69 Å². The van der Waals surface area contributed by atoms with Gasteiger partial charge in [0.15, 0.2) is 0 Å². The van der Waals surface area contributed by atoms with E-state index < -0.39 is 11.9 Å². The lowest BCUT2D eigenvalue weighted by Crippen LogP contribution is -2.54. The fourth-order valence-corrected chi connectivity index (χ4v) is 3.03. The number of amides is 2. The molecule has 2 heterocycles. The molecule has 2 amide bonds. The summed E-state index contributed by atoms with van der Waals surface area (Å²) in [7, 11) is 0. The van der Waals surface area contributed by atoms with E-state index in [2.05, 4.69) is 11.8 Å². The number of carbonyl (C=O) groups excluding carboxylic acids is 1. The number of hydrogen-bond donors (Lipinski definition) is 1. The second-order valence-corrected chi connectivity index (χ2v) is 5.73. The van der Waals surface area contributed by atoms with Gasteiger partial charge in [0.1, 0.15) is 0 Å². The highest BCUT2D eigenvalue weighted by Gasteiger charge is 2.31. The van der Waals surface area contributed by atoms with E-state index in [9.17, 15) is 9.59 Å². The third-order valence-corrected chi connectivity index (χ3v) is 4.22. The van der Waals surface area contributed by atoms with Crippen LogP contribution in [0.1, 0.15) is 26.2 Å². The summed E-state index contributed by atoms with van der Waals surface area (Å²) < 4.78 is 0. The Hall–Kier alpha value is -1.30. The summed E-state index contributed by atoms with van der Waals surface area (Å²) in [6.45, 7) is 7.68. The summed E-state index contributed by atoms with van der Waals surface area (Å²) in [6, 6.07) is 0.0205. The molecule has 2 fully saturated rings. The molecular weight excluding hydrogens is 258 g/mol. The van der Waals surface area contributed by atoms with Crippen LogP contribution in [0.15, 0.2) is 0 Å². The number of hydrogen-bond acceptors (Lipinski definition) is 3. The van der Waals surface area contributed by atoms with E-state index in [-0.39, 0.29) is 6.03 Å². The molecule has 0 aromatic carbocycles. The summed E-state index contributed by atoms with van der Waals surface area (Å²) in [5.41, 5.74) is 0. The maximum atomic E-state index is 12.4. The molecule has 1 N–H and O–H groups in total. The van der Waals surface area contributed by atoms with Crippen molar-refractivity contribution in [1.82, 2.24) is 14.7 Å². The topological polar surface area (TPSA) is 64.1 Å². The molecule has 0 bridgehead atoms. The molecule has 2 saturated heterocycles. The molecule has 2 aliphatic rings. The summed E-state index contributed by atoms with van der Waals surface area (Å²) in [6.07, 6.45) is 2.61. The first-order valence-corrected chi connectivity index (χ1v) is 7.60. The van der Waals surface area contributed by atoms with E-state index >= 15 is 0 Å². The van der Waals surface area contributed by atoms with Gasteiger partial charge in [0, 0.05) is 39.3 Å². The van der Waals surface area contributed by atoms with E-state index in [1.54, 1.807) is 4.90 Å². The van der Waals surface area contributed by atoms with Gasteiger partial charge in [0.05, 0.1) is 5.92 Å². The summed E-state index contributed by atoms with van der Waals surface area (Å²) in [5.74, 6) is -1.18. The Morgan fingerprint density at radius 3 is 2.40 bits per heavy atom. The second-order valence-electron chi connectivity index (χ2n) is 5.73. The number of nitrogens with zero attached hydrogens (tertiary/aromatic N) is 3. The first-order chi connectivity index (χ1) is 9.61. The number of piperidine rings is 1. The van der Waals surface area contributed by atoms with Crippen LogP contribution in [0.25, 0.3) is 0 Å². The van der Waals surface area contributed by atoms with Crippen LogP contribution >= 0.6 is 0 Å². The quantitative estimate of drug-likeness (QED) is 0.837. The molecule has 114 valence electrons. The molecule has 0 spiro atoms. The SMILES string of the molecule is CCCN1CCN(C(=O)N2CCC[C@H](C(=O)O)C2)CC1. The maximum Gasteiger partial charge on any atom is 0.320 e. The van der Waals surface area contributed by atoms with Gasteiger partial charge in [0.2, 0.25) is 0 Å². The van der Waals surface area contributed by atoms with Gasteiger partial charge in [-0.25, -0.2) is 4.79 Å². The predicted molar refractivity (Wildman–Crippen MR) is 75.6 cm³/mol. The fraction of sp³-hybridized carbons (Fsp3) is 0.857. The molecule has 0 saturated carbocycles. The lowest BCUT2D eigenvalue weighted by atomic mass is 9.98. The van der Waals surface area contributed by atoms with Gasteiger partial charge in [0.25, 0.3) is 0 Å². The Morgan fingerprint density at radius 1 is 1.10 bits per heavy atom. The van der Waals surface area contributed by atoms with Gasteiger partial charge < -0.3 is 14.9 Å². The molecule has 2 rings (SSSR count). The molecule has 0 aliphatic carbocycles. The Labute approximate surface area is 120 Å². The number of carboxylic acids is 1. The Kier molecular flexibility index (Phi) is 5.23. The van der Waals surface area contributed by atoms with Crippen molar-refractivity contribution in [3.05, 3.63) is 0 Å². The van der Waals surface area contributed by atoms with E-state index in [0.29, 0.717) is 19.5 Å². The molecule has 1 atom stereocenters. The highest BCUT2D eigenvalue weighted by atomic mass is 16.4. The van der Waals surface area contributed by atoms with Gasteiger partial charge in [-0.1, -0.05) is 6.92 Å². The van der Waals surface area contributed by atoms with E-state index in [4.69, 9.17) is 5.11 Å². The minimum Gasteiger partial charge on any atom is -0.481 e. The van der Waals surface area contributed by atoms with Crippen molar-refractivity contribution in [3.63, 3.8) is 0 Å². The number of piperazine rings is 1. The normalized spacial score (nSPS) is 24.8. The van der Waals surface area contributed by atoms with E-state index in [1.807, 2.05) is 4.90 Å². The Bertz CT molecular complexity index is 354. The highest BCUT2D eigenvalue weighted by molar-refractivity contribution is 5.76. The number of urea groups is 1. The molecule has 0 aromatic heterocycles. The van der Waals surface area contributed by atoms with Crippen molar-refractivity contribution in [2.45, 2.75) is 26.2 Å². The third-order valence-electron chi connectivity index (χ3n) is 4.22. The van der Waals surface area contributed by atoms with Crippen molar-refractivity contribution in [1.29, 1.82) is 0 Å². The molecular formula is C14H25N3O3. The standard InChI is InChI=1S/C14H25N3O3/c1-2-5-15-7-9-16(10-8-15)14(20)17-6-3-4-12(11-17)13(18)19/h12H,2-11H2,1H3,(H,18,19)/t12-/m0/s1. The molecule has 6 heteroatoms. The van der Waals surface area contributed by atoms with Crippen LogP contribution in [0.2, 0.25) is 0 Å². The zero-order chi connectivity index (χ0) is 14.5. The number of carbonyl (C=O) groups is 2. The number of aliphatic carboxylic acids is 1. The number of carboxylic acid groups (broad SMARTS) is 1. The zero-order valence-electron chi connectivity index (χ0n) is 12.3. The van der Waals surface area contributed by atoms with Crippen molar-refractivity contribution in [3.8, 4) is 0 Å². The van der Waals surface area contributed by atoms with Crippen LogP contribution in [-0.2, 0) is 4.79 Å².